The molecule has 1 aromatic carbocycles. The highest BCUT2D eigenvalue weighted by atomic mass is 32.1. The molecule has 2 nitrogen and oxygen atoms in total. The summed E-state index contributed by atoms with van der Waals surface area (Å²) in [4.78, 5) is 4.82. The summed E-state index contributed by atoms with van der Waals surface area (Å²) in [7, 11) is 7.94. The minimum Gasteiger partial charge on any atom is -0.383 e. The van der Waals surface area contributed by atoms with Crippen LogP contribution in [0, 0.1) is 0 Å². The molecule has 0 aliphatic rings. The molecule has 0 aliphatic heterocycles. The van der Waals surface area contributed by atoms with Gasteiger partial charge in [0.15, 0.2) is 0 Å². The largest absolute Gasteiger partial charge is 0.383 e. The van der Waals surface area contributed by atoms with Gasteiger partial charge in [-0.1, -0.05) is 42.5 Å². The molecule has 16 heavy (non-hydrogen) atoms. The van der Waals surface area contributed by atoms with Crippen LogP contribution in [0.25, 0.3) is 5.57 Å². The van der Waals surface area contributed by atoms with E-state index < -0.39 is 0 Å². The van der Waals surface area contributed by atoms with E-state index >= 15 is 0 Å². The van der Waals surface area contributed by atoms with Crippen LogP contribution in [-0.4, -0.2) is 43.0 Å². The summed E-state index contributed by atoms with van der Waals surface area (Å²) in [6.07, 6.45) is 2.05. The van der Waals surface area contributed by atoms with Gasteiger partial charge in [-0.05, 0) is 5.56 Å². The summed E-state index contributed by atoms with van der Waals surface area (Å²) in [5.41, 5.74) is 2.22. The standard InChI is InChI=1S/C13H18N2S/c1-14(2)10-12(13(16)15(3)4)11-8-6-5-7-9-11/h5-10H,1-4H3. The Morgan fingerprint density at radius 1 is 1.06 bits per heavy atom. The van der Waals surface area contributed by atoms with Crippen LogP contribution in [-0.2, 0) is 0 Å². The van der Waals surface area contributed by atoms with Gasteiger partial charge in [0.1, 0.15) is 4.99 Å². The highest BCUT2D eigenvalue weighted by Gasteiger charge is 2.09. The second kappa shape index (κ2) is 5.66. The van der Waals surface area contributed by atoms with E-state index in [1.54, 1.807) is 0 Å². The lowest BCUT2D eigenvalue weighted by atomic mass is 10.1. The van der Waals surface area contributed by atoms with E-state index in [1.165, 1.54) is 0 Å². The second-order valence-electron chi connectivity index (χ2n) is 4.07. The van der Waals surface area contributed by atoms with E-state index in [0.29, 0.717) is 0 Å². The first-order chi connectivity index (χ1) is 7.52. The topological polar surface area (TPSA) is 6.48 Å². The minimum atomic E-state index is 0.847. The third-order valence-electron chi connectivity index (χ3n) is 2.11. The Morgan fingerprint density at radius 2 is 1.62 bits per heavy atom. The number of benzene rings is 1. The van der Waals surface area contributed by atoms with Crippen molar-refractivity contribution in [2.75, 3.05) is 28.2 Å². The van der Waals surface area contributed by atoms with E-state index in [9.17, 15) is 0 Å². The lowest BCUT2D eigenvalue weighted by Crippen LogP contribution is -2.22. The number of hydrogen-bond acceptors (Lipinski definition) is 2. The van der Waals surface area contributed by atoms with Crippen molar-refractivity contribution in [3.05, 3.63) is 42.1 Å². The molecule has 1 rings (SSSR count). The van der Waals surface area contributed by atoms with Gasteiger partial charge in [-0.25, -0.2) is 0 Å². The van der Waals surface area contributed by atoms with Crippen molar-refractivity contribution in [3.8, 4) is 0 Å². The van der Waals surface area contributed by atoms with E-state index in [1.807, 2.05) is 56.2 Å². The maximum absolute atomic E-state index is 5.43. The first-order valence-corrected chi connectivity index (χ1v) is 5.58. The molecule has 1 aromatic rings. The molecule has 0 radical (unpaired) electrons. The van der Waals surface area contributed by atoms with Gasteiger partial charge in [0, 0.05) is 40.0 Å². The Balaban J connectivity index is 3.12. The molecule has 0 fully saturated rings. The van der Waals surface area contributed by atoms with Crippen molar-refractivity contribution in [1.82, 2.24) is 9.80 Å². The molecule has 0 heterocycles. The van der Waals surface area contributed by atoms with Gasteiger partial charge < -0.3 is 9.80 Å². The van der Waals surface area contributed by atoms with Crippen LogP contribution in [0.1, 0.15) is 5.56 Å². The van der Waals surface area contributed by atoms with Crippen LogP contribution in [0.3, 0.4) is 0 Å². The number of nitrogens with zero attached hydrogens (tertiary/aromatic N) is 2. The van der Waals surface area contributed by atoms with Gasteiger partial charge in [0.25, 0.3) is 0 Å². The van der Waals surface area contributed by atoms with Crippen molar-refractivity contribution < 1.29 is 0 Å². The second-order valence-corrected chi connectivity index (χ2v) is 4.46. The van der Waals surface area contributed by atoms with Crippen molar-refractivity contribution >= 4 is 22.8 Å². The molecule has 0 amide bonds. The molecule has 0 N–H and O–H groups in total. The predicted octanol–water partition coefficient (Wildman–Crippen LogP) is 2.48. The molecule has 0 saturated heterocycles. The molecule has 0 aliphatic carbocycles. The number of rotatable bonds is 3. The molecule has 0 atom stereocenters. The Bertz CT molecular complexity index is 380. The molecule has 0 saturated carbocycles. The zero-order chi connectivity index (χ0) is 12.1. The fourth-order valence-corrected chi connectivity index (χ4v) is 1.54. The Morgan fingerprint density at radius 3 is 2.06 bits per heavy atom. The van der Waals surface area contributed by atoms with Crippen LogP contribution in [0.2, 0.25) is 0 Å². The van der Waals surface area contributed by atoms with Crippen molar-refractivity contribution in [2.24, 2.45) is 0 Å². The smallest absolute Gasteiger partial charge is 0.110 e. The predicted molar refractivity (Wildman–Crippen MR) is 74.4 cm³/mol. The summed E-state index contributed by atoms with van der Waals surface area (Å²) in [5.74, 6) is 0. The van der Waals surface area contributed by atoms with E-state index in [-0.39, 0.29) is 0 Å². The molecule has 3 heteroatoms. The van der Waals surface area contributed by atoms with Crippen molar-refractivity contribution in [2.45, 2.75) is 0 Å². The molecule has 86 valence electrons. The number of hydrogen-bond donors (Lipinski definition) is 0. The average Bonchev–Trinajstić information content (AvgIpc) is 2.26. The average molecular weight is 234 g/mol. The summed E-state index contributed by atoms with van der Waals surface area (Å²) >= 11 is 5.43. The SMILES string of the molecule is CN(C)C=C(C(=S)N(C)C)c1ccccc1. The Kier molecular flexibility index (Phi) is 4.50. The fraction of sp³-hybridized carbons (Fsp3) is 0.308. The van der Waals surface area contributed by atoms with Gasteiger partial charge >= 0.3 is 0 Å². The van der Waals surface area contributed by atoms with Gasteiger partial charge in [-0.15, -0.1) is 0 Å². The van der Waals surface area contributed by atoms with Gasteiger partial charge in [-0.2, -0.15) is 0 Å². The zero-order valence-corrected chi connectivity index (χ0v) is 11.1. The molecule has 0 unspecified atom stereocenters. The van der Waals surface area contributed by atoms with Crippen molar-refractivity contribution in [3.63, 3.8) is 0 Å². The summed E-state index contributed by atoms with van der Waals surface area (Å²) in [5, 5.41) is 0. The number of likely N-dealkylation sites (N-methyl/N-ethyl adjacent to an activating group) is 1. The lowest BCUT2D eigenvalue weighted by Gasteiger charge is -2.19. The third kappa shape index (κ3) is 3.35. The quantitative estimate of drug-likeness (QED) is 0.586. The summed E-state index contributed by atoms with van der Waals surface area (Å²) in [6.45, 7) is 0. The van der Waals surface area contributed by atoms with Crippen LogP contribution in [0.5, 0.6) is 0 Å². The molecule has 0 bridgehead atoms. The summed E-state index contributed by atoms with van der Waals surface area (Å²) < 4.78 is 0. The minimum absolute atomic E-state index is 0.847. The third-order valence-corrected chi connectivity index (χ3v) is 2.69. The van der Waals surface area contributed by atoms with Crippen LogP contribution in [0.4, 0.5) is 0 Å². The van der Waals surface area contributed by atoms with Crippen molar-refractivity contribution in [1.29, 1.82) is 0 Å². The number of thiocarbonyl (C=S) groups is 1. The molecular weight excluding hydrogens is 216 g/mol. The van der Waals surface area contributed by atoms with E-state index in [0.717, 1.165) is 16.1 Å². The van der Waals surface area contributed by atoms with Crippen LogP contribution in [0.15, 0.2) is 36.5 Å². The van der Waals surface area contributed by atoms with Gasteiger partial charge in [0.05, 0.1) is 0 Å². The van der Waals surface area contributed by atoms with Gasteiger partial charge in [-0.3, -0.25) is 0 Å². The first kappa shape index (κ1) is 12.7. The van der Waals surface area contributed by atoms with Crippen LogP contribution < -0.4 is 0 Å². The maximum Gasteiger partial charge on any atom is 0.110 e. The van der Waals surface area contributed by atoms with E-state index in [2.05, 4.69) is 18.3 Å². The zero-order valence-electron chi connectivity index (χ0n) is 10.3. The highest BCUT2D eigenvalue weighted by Crippen LogP contribution is 2.17. The Hall–Kier alpha value is -1.35. The summed E-state index contributed by atoms with van der Waals surface area (Å²) in [6, 6.07) is 10.2. The molecular formula is C13H18N2S. The molecule has 0 spiro atoms. The normalized spacial score (nSPS) is 11.1. The van der Waals surface area contributed by atoms with Gasteiger partial charge in [0.2, 0.25) is 0 Å². The molecule has 0 aromatic heterocycles. The first-order valence-electron chi connectivity index (χ1n) is 5.17. The van der Waals surface area contributed by atoms with Crippen LogP contribution >= 0.6 is 12.2 Å². The van der Waals surface area contributed by atoms with E-state index in [4.69, 9.17) is 12.2 Å². The fourth-order valence-electron chi connectivity index (χ4n) is 1.37. The maximum atomic E-state index is 5.43. The monoisotopic (exact) mass is 234 g/mol. The highest BCUT2D eigenvalue weighted by molar-refractivity contribution is 7.81. The Labute approximate surface area is 103 Å². The lowest BCUT2D eigenvalue weighted by molar-refractivity contribution is 0.564.